The van der Waals surface area contributed by atoms with Gasteiger partial charge in [0.05, 0.1) is 22.5 Å². The van der Waals surface area contributed by atoms with E-state index in [0.29, 0.717) is 12.0 Å². The van der Waals surface area contributed by atoms with Gasteiger partial charge in [-0.15, -0.1) is 0 Å². The number of para-hydroxylation sites is 1. The predicted molar refractivity (Wildman–Crippen MR) is 71.0 cm³/mol. The molecule has 2 aliphatic rings. The third kappa shape index (κ3) is 2.07. The summed E-state index contributed by atoms with van der Waals surface area (Å²) in [6.45, 7) is 1.43. The van der Waals surface area contributed by atoms with Gasteiger partial charge in [0.25, 0.3) is 0 Å². The first kappa shape index (κ1) is 12.5. The first-order valence-corrected chi connectivity index (χ1v) is 6.43. The van der Waals surface area contributed by atoms with Crippen molar-refractivity contribution in [2.45, 2.75) is 13.3 Å². The molecule has 1 aromatic rings. The van der Waals surface area contributed by atoms with E-state index in [0.717, 1.165) is 22.2 Å². The Morgan fingerprint density at radius 1 is 1.50 bits per heavy atom. The van der Waals surface area contributed by atoms with Crippen LogP contribution < -0.4 is 4.90 Å². The van der Waals surface area contributed by atoms with E-state index in [1.165, 1.54) is 6.92 Å². The van der Waals surface area contributed by atoms with Crippen LogP contribution in [0.1, 0.15) is 12.5 Å². The number of nitrogens with zero attached hydrogens (tertiary/aromatic N) is 2. The molecule has 0 atom stereocenters. The summed E-state index contributed by atoms with van der Waals surface area (Å²) in [5.74, 6) is 0.0695. The van der Waals surface area contributed by atoms with Crippen molar-refractivity contribution in [2.75, 3.05) is 10.8 Å². The van der Waals surface area contributed by atoms with Crippen molar-refractivity contribution in [3.63, 3.8) is 0 Å². The zero-order chi connectivity index (χ0) is 13.1. The fourth-order valence-corrected chi connectivity index (χ4v) is 2.94. The summed E-state index contributed by atoms with van der Waals surface area (Å²) in [7, 11) is 0. The zero-order valence-electron chi connectivity index (χ0n) is 9.88. The number of hydrogen-bond acceptors (Lipinski definition) is 4. The van der Waals surface area contributed by atoms with E-state index in [9.17, 15) is 4.79 Å². The van der Waals surface area contributed by atoms with Gasteiger partial charge in [0.2, 0.25) is 0 Å². The van der Waals surface area contributed by atoms with Crippen LogP contribution in [-0.2, 0) is 11.2 Å². The van der Waals surface area contributed by atoms with Gasteiger partial charge in [0.15, 0.2) is 0 Å². The molecule has 2 heterocycles. The second-order valence-electron chi connectivity index (χ2n) is 3.82. The standard InChI is InChI=1S/C11H9NO2S.C2H3N/c13-11(14)8-5-7-3-1-2-4-9(7)12-6-15-10(8)12;1-2-3/h1-4H,5-6H2,(H,13,14);1H3. The van der Waals surface area contributed by atoms with Crippen molar-refractivity contribution < 1.29 is 9.90 Å². The average Bonchev–Trinajstić information content (AvgIpc) is 2.29. The maximum Gasteiger partial charge on any atom is 0.334 e. The lowest BCUT2D eigenvalue weighted by Gasteiger charge is -2.40. The molecule has 0 spiro atoms. The van der Waals surface area contributed by atoms with Gasteiger partial charge in [-0.3, -0.25) is 0 Å². The summed E-state index contributed by atoms with van der Waals surface area (Å²) >= 11 is 1.61. The molecule has 1 aromatic carbocycles. The van der Waals surface area contributed by atoms with E-state index >= 15 is 0 Å². The molecule has 18 heavy (non-hydrogen) atoms. The predicted octanol–water partition coefficient (Wildman–Crippen LogP) is 2.58. The Labute approximate surface area is 110 Å². The minimum atomic E-state index is -0.795. The van der Waals surface area contributed by atoms with E-state index in [-0.39, 0.29) is 0 Å². The summed E-state index contributed by atoms with van der Waals surface area (Å²) in [5.41, 5.74) is 2.81. The molecular weight excluding hydrogens is 248 g/mol. The van der Waals surface area contributed by atoms with Crippen LogP contribution in [0.3, 0.4) is 0 Å². The number of carbonyl (C=O) groups is 1. The molecule has 2 aliphatic heterocycles. The minimum Gasteiger partial charge on any atom is -0.478 e. The van der Waals surface area contributed by atoms with Crippen LogP contribution in [-0.4, -0.2) is 17.0 Å². The minimum absolute atomic E-state index is 0.532. The number of carboxylic acids is 1. The highest BCUT2D eigenvalue weighted by Crippen LogP contribution is 2.45. The molecule has 0 amide bonds. The first-order chi connectivity index (χ1) is 8.69. The van der Waals surface area contributed by atoms with Crippen LogP contribution in [0.5, 0.6) is 0 Å². The van der Waals surface area contributed by atoms with E-state index in [2.05, 4.69) is 4.90 Å². The average molecular weight is 260 g/mol. The molecule has 3 rings (SSSR count). The number of benzene rings is 1. The number of carboxylic acid groups (broad SMARTS) is 1. The number of nitriles is 1. The molecule has 1 fully saturated rings. The molecule has 0 radical (unpaired) electrons. The molecular formula is C13H12N2O2S. The number of anilines is 1. The van der Waals surface area contributed by atoms with Crippen LogP contribution in [0.2, 0.25) is 0 Å². The topological polar surface area (TPSA) is 64.3 Å². The zero-order valence-corrected chi connectivity index (χ0v) is 10.7. The summed E-state index contributed by atoms with van der Waals surface area (Å²) < 4.78 is 0. The Morgan fingerprint density at radius 2 is 2.17 bits per heavy atom. The molecule has 4 nitrogen and oxygen atoms in total. The molecule has 0 saturated carbocycles. The van der Waals surface area contributed by atoms with Gasteiger partial charge in [-0.25, -0.2) is 4.79 Å². The lowest BCUT2D eigenvalue weighted by molar-refractivity contribution is -0.132. The molecule has 0 unspecified atom stereocenters. The quantitative estimate of drug-likeness (QED) is 0.840. The number of rotatable bonds is 1. The Bertz CT molecular complexity index is 560. The van der Waals surface area contributed by atoms with Crippen LogP contribution in [0.25, 0.3) is 0 Å². The van der Waals surface area contributed by atoms with Crippen molar-refractivity contribution in [1.29, 1.82) is 5.26 Å². The Morgan fingerprint density at radius 3 is 2.72 bits per heavy atom. The maximum atomic E-state index is 11.1. The van der Waals surface area contributed by atoms with Gasteiger partial charge in [-0.1, -0.05) is 30.0 Å². The van der Waals surface area contributed by atoms with Gasteiger partial charge in [-0.05, 0) is 11.6 Å². The second kappa shape index (κ2) is 5.15. The highest BCUT2D eigenvalue weighted by molar-refractivity contribution is 8.05. The molecule has 1 saturated heterocycles. The van der Waals surface area contributed by atoms with Gasteiger partial charge in [-0.2, -0.15) is 5.26 Å². The van der Waals surface area contributed by atoms with Gasteiger partial charge < -0.3 is 10.0 Å². The molecule has 0 bridgehead atoms. The van der Waals surface area contributed by atoms with E-state index in [4.69, 9.17) is 10.4 Å². The largest absolute Gasteiger partial charge is 0.478 e. The van der Waals surface area contributed by atoms with Crippen LogP contribution in [0.4, 0.5) is 5.69 Å². The highest BCUT2D eigenvalue weighted by atomic mass is 32.2. The van der Waals surface area contributed by atoms with Crippen LogP contribution >= 0.6 is 11.8 Å². The molecule has 0 aromatic heterocycles. The molecule has 5 heteroatoms. The van der Waals surface area contributed by atoms with Crippen LogP contribution in [0, 0.1) is 11.3 Å². The fourth-order valence-electron chi connectivity index (χ4n) is 1.98. The third-order valence-electron chi connectivity index (χ3n) is 2.74. The van der Waals surface area contributed by atoms with Crippen molar-refractivity contribution in [3.8, 4) is 6.07 Å². The lowest BCUT2D eigenvalue weighted by Crippen LogP contribution is -2.36. The number of thioether (sulfide) groups is 1. The van der Waals surface area contributed by atoms with E-state index in [1.54, 1.807) is 17.8 Å². The van der Waals surface area contributed by atoms with Crippen molar-refractivity contribution in [2.24, 2.45) is 0 Å². The maximum absolute atomic E-state index is 11.1. The Balaban J connectivity index is 0.000000367. The Hall–Kier alpha value is -1.93. The monoisotopic (exact) mass is 260 g/mol. The fraction of sp³-hybridized carbons (Fsp3) is 0.231. The van der Waals surface area contributed by atoms with Gasteiger partial charge in [0, 0.05) is 19.0 Å². The molecule has 0 aliphatic carbocycles. The van der Waals surface area contributed by atoms with Gasteiger partial charge in [0.1, 0.15) is 0 Å². The smallest absolute Gasteiger partial charge is 0.334 e. The third-order valence-corrected chi connectivity index (χ3v) is 3.87. The lowest BCUT2D eigenvalue weighted by atomic mass is 10.00. The summed E-state index contributed by atoms with van der Waals surface area (Å²) in [6, 6.07) is 9.74. The number of aliphatic carboxylic acids is 1. The van der Waals surface area contributed by atoms with Crippen LogP contribution in [0.15, 0.2) is 34.9 Å². The SMILES string of the molecule is CC#N.O=C(O)C1=C2SCN2c2ccccc2C1. The van der Waals surface area contributed by atoms with E-state index < -0.39 is 5.97 Å². The normalized spacial score (nSPS) is 15.4. The first-order valence-electron chi connectivity index (χ1n) is 5.44. The van der Waals surface area contributed by atoms with Crippen molar-refractivity contribution >= 4 is 23.4 Å². The van der Waals surface area contributed by atoms with Gasteiger partial charge >= 0.3 is 5.97 Å². The summed E-state index contributed by atoms with van der Waals surface area (Å²) in [5, 5.41) is 17.3. The highest BCUT2D eigenvalue weighted by Gasteiger charge is 2.34. The second-order valence-corrected chi connectivity index (χ2v) is 4.75. The van der Waals surface area contributed by atoms with Crippen molar-refractivity contribution in [3.05, 3.63) is 40.4 Å². The summed E-state index contributed by atoms with van der Waals surface area (Å²) in [6.07, 6.45) is 0.546. The summed E-state index contributed by atoms with van der Waals surface area (Å²) in [4.78, 5) is 13.1. The van der Waals surface area contributed by atoms with Crippen molar-refractivity contribution in [1.82, 2.24) is 0 Å². The molecule has 92 valence electrons. The number of hydrogen-bond donors (Lipinski definition) is 1. The number of fused-ring (bicyclic) bond motifs is 3. The molecule has 1 N–H and O–H groups in total. The Kier molecular flexibility index (Phi) is 3.58. The van der Waals surface area contributed by atoms with E-state index in [1.807, 2.05) is 24.3 Å².